The molecule has 0 heterocycles. The van der Waals surface area contributed by atoms with E-state index in [0.29, 0.717) is 12.8 Å². The van der Waals surface area contributed by atoms with Crippen LogP contribution in [0, 0.1) is 5.92 Å². The van der Waals surface area contributed by atoms with Crippen LogP contribution in [0.2, 0.25) is 0 Å². The van der Waals surface area contributed by atoms with Crippen LogP contribution in [0.4, 0.5) is 0 Å². The summed E-state index contributed by atoms with van der Waals surface area (Å²) in [5.41, 5.74) is 0. The maximum atomic E-state index is 10.5. The summed E-state index contributed by atoms with van der Waals surface area (Å²) < 4.78 is 0. The average Bonchev–Trinajstić information content (AvgIpc) is 1.98. The lowest BCUT2D eigenvalue weighted by atomic mass is 9.96. The van der Waals surface area contributed by atoms with E-state index in [9.17, 15) is 9.90 Å². The van der Waals surface area contributed by atoms with Gasteiger partial charge in [0.15, 0.2) is 0 Å². The van der Waals surface area contributed by atoms with Crippen molar-refractivity contribution < 1.29 is 15.0 Å². The molecule has 0 radical (unpaired) electrons. The summed E-state index contributed by atoms with van der Waals surface area (Å²) in [6.45, 7) is 3.70. The minimum absolute atomic E-state index is 0.511. The summed E-state index contributed by atoms with van der Waals surface area (Å²) >= 11 is 0. The van der Waals surface area contributed by atoms with Crippen LogP contribution in [0.3, 0.4) is 0 Å². The molecule has 0 saturated carbocycles. The molecule has 0 aliphatic rings. The molecule has 0 amide bonds. The molecule has 11 heavy (non-hydrogen) atoms. The first-order chi connectivity index (χ1) is 5.13. The van der Waals surface area contributed by atoms with E-state index in [-0.39, 0.29) is 0 Å². The Bertz CT molecular complexity index is 123. The van der Waals surface area contributed by atoms with Gasteiger partial charge in [0.1, 0.15) is 0 Å². The van der Waals surface area contributed by atoms with Crippen molar-refractivity contribution in [1.82, 2.24) is 0 Å². The third-order valence-corrected chi connectivity index (χ3v) is 1.80. The molecule has 3 heteroatoms. The Kier molecular flexibility index (Phi) is 4.86. The quantitative estimate of drug-likeness (QED) is 0.636. The first kappa shape index (κ1) is 10.4. The zero-order valence-corrected chi connectivity index (χ0v) is 7.08. The van der Waals surface area contributed by atoms with E-state index < -0.39 is 18.0 Å². The first-order valence-corrected chi connectivity index (χ1v) is 4.04. The number of carbonyl (C=O) groups is 1. The fraction of sp³-hybridized carbons (Fsp3) is 0.875. The van der Waals surface area contributed by atoms with Crippen molar-refractivity contribution in [3.63, 3.8) is 0 Å². The molecule has 0 aromatic rings. The molecule has 0 rings (SSSR count). The first-order valence-electron chi connectivity index (χ1n) is 4.04. The number of hydrogen-bond acceptors (Lipinski definition) is 2. The largest absolute Gasteiger partial charge is 0.481 e. The van der Waals surface area contributed by atoms with Gasteiger partial charge in [0.05, 0.1) is 12.0 Å². The number of aliphatic hydroxyl groups excluding tert-OH is 1. The lowest BCUT2D eigenvalue weighted by Gasteiger charge is -2.16. The van der Waals surface area contributed by atoms with Gasteiger partial charge < -0.3 is 10.2 Å². The van der Waals surface area contributed by atoms with E-state index >= 15 is 0 Å². The van der Waals surface area contributed by atoms with Gasteiger partial charge in [-0.3, -0.25) is 4.79 Å². The summed E-state index contributed by atoms with van der Waals surface area (Å²) in [4.78, 5) is 10.5. The van der Waals surface area contributed by atoms with E-state index in [4.69, 9.17) is 5.11 Å². The number of rotatable bonds is 5. The lowest BCUT2D eigenvalue weighted by molar-refractivity contribution is -0.146. The molecule has 0 saturated heterocycles. The van der Waals surface area contributed by atoms with E-state index in [1.807, 2.05) is 6.92 Å². The highest BCUT2D eigenvalue weighted by Gasteiger charge is 2.23. The second-order valence-corrected chi connectivity index (χ2v) is 2.71. The van der Waals surface area contributed by atoms with Crippen molar-refractivity contribution >= 4 is 5.97 Å². The summed E-state index contributed by atoms with van der Waals surface area (Å²) in [5, 5.41) is 17.9. The van der Waals surface area contributed by atoms with Crippen LogP contribution < -0.4 is 0 Å². The van der Waals surface area contributed by atoms with Crippen molar-refractivity contribution in [3.05, 3.63) is 0 Å². The van der Waals surface area contributed by atoms with E-state index in [1.165, 1.54) is 0 Å². The molecule has 0 fully saturated rings. The second-order valence-electron chi connectivity index (χ2n) is 2.71. The fourth-order valence-corrected chi connectivity index (χ4v) is 1.08. The van der Waals surface area contributed by atoms with E-state index in [1.54, 1.807) is 6.92 Å². The van der Waals surface area contributed by atoms with Crippen molar-refractivity contribution in [3.8, 4) is 0 Å². The molecule has 1 unspecified atom stereocenters. The highest BCUT2D eigenvalue weighted by molar-refractivity contribution is 5.70. The summed E-state index contributed by atoms with van der Waals surface area (Å²) in [7, 11) is 0. The van der Waals surface area contributed by atoms with Gasteiger partial charge in [-0.1, -0.05) is 20.3 Å². The Balaban J connectivity index is 3.97. The Morgan fingerprint density at radius 1 is 1.45 bits per heavy atom. The highest BCUT2D eigenvalue weighted by Crippen LogP contribution is 2.13. The zero-order valence-electron chi connectivity index (χ0n) is 7.08. The summed E-state index contributed by atoms with van der Waals surface area (Å²) in [5.74, 6) is -1.47. The van der Waals surface area contributed by atoms with Crippen LogP contribution in [0.1, 0.15) is 33.1 Å². The Labute approximate surface area is 67.0 Å². The SMILES string of the molecule is CCCC(C(=O)O)[C@@H](O)CC. The fourth-order valence-electron chi connectivity index (χ4n) is 1.08. The maximum Gasteiger partial charge on any atom is 0.309 e. The molecule has 0 aliphatic carbocycles. The van der Waals surface area contributed by atoms with Crippen LogP contribution >= 0.6 is 0 Å². The van der Waals surface area contributed by atoms with E-state index in [0.717, 1.165) is 6.42 Å². The number of hydrogen-bond donors (Lipinski definition) is 2. The smallest absolute Gasteiger partial charge is 0.309 e. The minimum atomic E-state index is -0.888. The third-order valence-electron chi connectivity index (χ3n) is 1.80. The highest BCUT2D eigenvalue weighted by atomic mass is 16.4. The number of carboxylic acids is 1. The molecule has 0 aromatic heterocycles. The molecule has 0 spiro atoms. The van der Waals surface area contributed by atoms with Gasteiger partial charge in [-0.25, -0.2) is 0 Å². The van der Waals surface area contributed by atoms with Crippen LogP contribution in [0.5, 0.6) is 0 Å². The van der Waals surface area contributed by atoms with Crippen molar-refractivity contribution in [1.29, 1.82) is 0 Å². The van der Waals surface area contributed by atoms with Gasteiger partial charge in [-0.15, -0.1) is 0 Å². The standard InChI is InChI=1S/C8H16O3/c1-3-5-6(8(10)11)7(9)4-2/h6-7,9H,3-5H2,1-2H3,(H,10,11)/t6?,7-/m0/s1. The van der Waals surface area contributed by atoms with Crippen molar-refractivity contribution in [2.45, 2.75) is 39.2 Å². The maximum absolute atomic E-state index is 10.5. The van der Waals surface area contributed by atoms with Crippen molar-refractivity contribution in [2.24, 2.45) is 5.92 Å². The number of carboxylic acid groups (broad SMARTS) is 1. The lowest BCUT2D eigenvalue weighted by Crippen LogP contribution is -2.27. The molecular formula is C8H16O3. The van der Waals surface area contributed by atoms with E-state index in [2.05, 4.69) is 0 Å². The molecule has 66 valence electrons. The van der Waals surface area contributed by atoms with Gasteiger partial charge in [0.2, 0.25) is 0 Å². The molecule has 0 aromatic carbocycles. The minimum Gasteiger partial charge on any atom is -0.481 e. The third kappa shape index (κ3) is 3.37. The predicted octanol–water partition coefficient (Wildman–Crippen LogP) is 1.26. The van der Waals surface area contributed by atoms with Gasteiger partial charge in [0, 0.05) is 0 Å². The monoisotopic (exact) mass is 160 g/mol. The van der Waals surface area contributed by atoms with Gasteiger partial charge in [-0.05, 0) is 12.8 Å². The second kappa shape index (κ2) is 5.13. The van der Waals surface area contributed by atoms with Crippen molar-refractivity contribution in [2.75, 3.05) is 0 Å². The Morgan fingerprint density at radius 2 is 2.00 bits per heavy atom. The molecular weight excluding hydrogens is 144 g/mol. The predicted molar refractivity (Wildman–Crippen MR) is 42.3 cm³/mol. The van der Waals surface area contributed by atoms with Crippen LogP contribution in [-0.2, 0) is 4.79 Å². The molecule has 3 nitrogen and oxygen atoms in total. The normalized spacial score (nSPS) is 15.9. The zero-order chi connectivity index (χ0) is 8.85. The van der Waals surface area contributed by atoms with Crippen LogP contribution in [0.25, 0.3) is 0 Å². The molecule has 2 N–H and O–H groups in total. The Hall–Kier alpha value is -0.570. The number of aliphatic carboxylic acids is 1. The summed E-state index contributed by atoms with van der Waals surface area (Å²) in [6, 6.07) is 0. The van der Waals surface area contributed by atoms with Crippen LogP contribution in [-0.4, -0.2) is 22.3 Å². The number of aliphatic hydroxyl groups is 1. The average molecular weight is 160 g/mol. The summed E-state index contributed by atoms with van der Waals surface area (Å²) in [6.07, 6.45) is 1.18. The molecule has 0 aliphatic heterocycles. The van der Waals surface area contributed by atoms with Gasteiger partial charge in [-0.2, -0.15) is 0 Å². The van der Waals surface area contributed by atoms with Crippen LogP contribution in [0.15, 0.2) is 0 Å². The molecule has 2 atom stereocenters. The topological polar surface area (TPSA) is 57.5 Å². The molecule has 0 bridgehead atoms. The van der Waals surface area contributed by atoms with Gasteiger partial charge in [0.25, 0.3) is 0 Å². The Morgan fingerprint density at radius 3 is 2.27 bits per heavy atom. The van der Waals surface area contributed by atoms with Gasteiger partial charge >= 0.3 is 5.97 Å².